The molecule has 0 bridgehead atoms. The molecule has 0 aromatic carbocycles. The summed E-state index contributed by atoms with van der Waals surface area (Å²) in [4.78, 5) is 7.18. The van der Waals surface area contributed by atoms with Crippen molar-refractivity contribution in [1.29, 1.82) is 0 Å². The van der Waals surface area contributed by atoms with Crippen LogP contribution in [-0.4, -0.2) is 30.2 Å². The second-order valence-electron chi connectivity index (χ2n) is 5.67. The van der Waals surface area contributed by atoms with Crippen LogP contribution in [-0.2, 0) is 0 Å². The third-order valence-electron chi connectivity index (χ3n) is 3.82. The minimum atomic E-state index is 0.683. The highest BCUT2D eigenvalue weighted by molar-refractivity contribution is 5.87. The first-order valence-corrected chi connectivity index (χ1v) is 7.54. The second kappa shape index (κ2) is 7.73. The average molecular weight is 250 g/mol. The van der Waals surface area contributed by atoms with Crippen LogP contribution in [0.2, 0.25) is 0 Å². The van der Waals surface area contributed by atoms with E-state index in [1.807, 2.05) is 0 Å². The molecule has 0 aromatic heterocycles. The maximum Gasteiger partial charge on any atom is 0.0370 e. The van der Waals surface area contributed by atoms with Crippen LogP contribution in [0, 0.1) is 5.92 Å². The van der Waals surface area contributed by atoms with Gasteiger partial charge in [0.2, 0.25) is 0 Å². The van der Waals surface area contributed by atoms with E-state index in [4.69, 9.17) is 0 Å². The first-order valence-electron chi connectivity index (χ1n) is 7.54. The summed E-state index contributed by atoms with van der Waals surface area (Å²) in [6.07, 6.45) is 4.90. The quantitative estimate of drug-likeness (QED) is 0.628. The number of nitrogens with zero attached hydrogens (tertiary/aromatic N) is 2. The maximum absolute atomic E-state index is 4.57. The van der Waals surface area contributed by atoms with E-state index in [2.05, 4.69) is 44.5 Å². The molecule has 1 unspecified atom stereocenters. The van der Waals surface area contributed by atoms with E-state index in [0.717, 1.165) is 6.42 Å². The molecule has 1 aliphatic heterocycles. The highest BCUT2D eigenvalue weighted by atomic mass is 15.1. The van der Waals surface area contributed by atoms with Crippen molar-refractivity contribution in [3.8, 4) is 0 Å². The van der Waals surface area contributed by atoms with Gasteiger partial charge < -0.3 is 4.90 Å². The van der Waals surface area contributed by atoms with Crippen molar-refractivity contribution >= 4 is 5.71 Å². The molecule has 18 heavy (non-hydrogen) atoms. The third kappa shape index (κ3) is 4.56. The SMILES string of the molecule is CCCN(CCC)CCC(C)C1=C(C)N=C(C)C1. The lowest BCUT2D eigenvalue weighted by molar-refractivity contribution is 0.260. The Labute approximate surface area is 113 Å². The largest absolute Gasteiger partial charge is 0.303 e. The molecule has 0 aliphatic carbocycles. The fourth-order valence-corrected chi connectivity index (χ4v) is 2.85. The minimum Gasteiger partial charge on any atom is -0.303 e. The average Bonchev–Trinajstić information content (AvgIpc) is 2.65. The van der Waals surface area contributed by atoms with Gasteiger partial charge in [0.05, 0.1) is 0 Å². The van der Waals surface area contributed by atoms with Gasteiger partial charge >= 0.3 is 0 Å². The summed E-state index contributed by atoms with van der Waals surface area (Å²) in [6.45, 7) is 14.9. The summed E-state index contributed by atoms with van der Waals surface area (Å²) >= 11 is 0. The summed E-state index contributed by atoms with van der Waals surface area (Å²) < 4.78 is 0. The van der Waals surface area contributed by atoms with Crippen LogP contribution in [0.15, 0.2) is 16.3 Å². The second-order valence-corrected chi connectivity index (χ2v) is 5.67. The van der Waals surface area contributed by atoms with Crippen LogP contribution in [0.5, 0.6) is 0 Å². The van der Waals surface area contributed by atoms with E-state index in [0.29, 0.717) is 5.92 Å². The van der Waals surface area contributed by atoms with Gasteiger partial charge in [-0.3, -0.25) is 4.99 Å². The Hall–Kier alpha value is -0.630. The molecule has 1 aliphatic rings. The van der Waals surface area contributed by atoms with E-state index in [-0.39, 0.29) is 0 Å². The monoisotopic (exact) mass is 250 g/mol. The van der Waals surface area contributed by atoms with Crippen molar-refractivity contribution in [3.05, 3.63) is 11.3 Å². The van der Waals surface area contributed by atoms with Crippen LogP contribution < -0.4 is 0 Å². The first-order chi connectivity index (χ1) is 8.58. The number of allylic oxidation sites excluding steroid dienone is 2. The van der Waals surface area contributed by atoms with Crippen molar-refractivity contribution in [1.82, 2.24) is 4.90 Å². The van der Waals surface area contributed by atoms with Crippen molar-refractivity contribution < 1.29 is 0 Å². The lowest BCUT2D eigenvalue weighted by Crippen LogP contribution is -2.28. The molecular weight excluding hydrogens is 220 g/mol. The normalized spacial score (nSPS) is 17.6. The van der Waals surface area contributed by atoms with Gasteiger partial charge in [0.25, 0.3) is 0 Å². The molecule has 1 rings (SSSR count). The van der Waals surface area contributed by atoms with E-state index in [1.165, 1.54) is 50.3 Å². The minimum absolute atomic E-state index is 0.683. The van der Waals surface area contributed by atoms with E-state index in [1.54, 1.807) is 5.57 Å². The summed E-state index contributed by atoms with van der Waals surface area (Å²) in [6, 6.07) is 0. The summed E-state index contributed by atoms with van der Waals surface area (Å²) in [5.74, 6) is 0.683. The molecule has 0 saturated heterocycles. The topological polar surface area (TPSA) is 15.6 Å². The van der Waals surface area contributed by atoms with E-state index in [9.17, 15) is 0 Å². The Kier molecular flexibility index (Phi) is 6.62. The zero-order chi connectivity index (χ0) is 13.5. The zero-order valence-corrected chi connectivity index (χ0v) is 12.9. The predicted molar refractivity (Wildman–Crippen MR) is 81.2 cm³/mol. The highest BCUT2D eigenvalue weighted by Gasteiger charge is 2.18. The van der Waals surface area contributed by atoms with E-state index < -0.39 is 0 Å². The molecule has 0 N–H and O–H groups in total. The summed E-state index contributed by atoms with van der Waals surface area (Å²) in [5.41, 5.74) is 4.13. The van der Waals surface area contributed by atoms with Gasteiger partial charge in [-0.1, -0.05) is 20.8 Å². The zero-order valence-electron chi connectivity index (χ0n) is 12.9. The van der Waals surface area contributed by atoms with Gasteiger partial charge in [0.15, 0.2) is 0 Å². The van der Waals surface area contributed by atoms with Crippen molar-refractivity contribution in [3.63, 3.8) is 0 Å². The number of hydrogen-bond acceptors (Lipinski definition) is 2. The van der Waals surface area contributed by atoms with Gasteiger partial charge in [-0.2, -0.15) is 0 Å². The molecule has 1 heterocycles. The molecule has 0 saturated carbocycles. The van der Waals surface area contributed by atoms with Crippen molar-refractivity contribution in [2.75, 3.05) is 19.6 Å². The van der Waals surface area contributed by atoms with Crippen LogP contribution >= 0.6 is 0 Å². The smallest absolute Gasteiger partial charge is 0.0370 e. The van der Waals surface area contributed by atoms with Crippen molar-refractivity contribution in [2.45, 2.75) is 60.3 Å². The molecule has 2 nitrogen and oxygen atoms in total. The Balaban J connectivity index is 2.41. The number of aliphatic imine (C=N–C) groups is 1. The predicted octanol–water partition coefficient (Wildman–Crippen LogP) is 4.27. The Morgan fingerprint density at radius 3 is 2.17 bits per heavy atom. The van der Waals surface area contributed by atoms with Crippen LogP contribution in [0.3, 0.4) is 0 Å². The summed E-state index contributed by atoms with van der Waals surface area (Å²) in [5, 5.41) is 0. The Morgan fingerprint density at radius 2 is 1.72 bits per heavy atom. The van der Waals surface area contributed by atoms with Crippen LogP contribution in [0.4, 0.5) is 0 Å². The molecular formula is C16H30N2. The number of rotatable bonds is 8. The molecule has 1 atom stereocenters. The maximum atomic E-state index is 4.57. The number of hydrogen-bond donors (Lipinski definition) is 0. The highest BCUT2D eigenvalue weighted by Crippen LogP contribution is 2.28. The van der Waals surface area contributed by atoms with Gasteiger partial charge in [-0.05, 0) is 64.2 Å². The van der Waals surface area contributed by atoms with Crippen LogP contribution in [0.1, 0.15) is 60.3 Å². The van der Waals surface area contributed by atoms with Crippen LogP contribution in [0.25, 0.3) is 0 Å². The van der Waals surface area contributed by atoms with Crippen molar-refractivity contribution in [2.24, 2.45) is 10.9 Å². The van der Waals surface area contributed by atoms with Gasteiger partial charge in [0, 0.05) is 17.8 Å². The van der Waals surface area contributed by atoms with Gasteiger partial charge in [0.1, 0.15) is 0 Å². The standard InChI is InChI=1S/C16H30N2/c1-6-9-18(10-7-2)11-8-13(3)16-12-14(4)17-15(16)5/h13H,6-12H2,1-5H3. The summed E-state index contributed by atoms with van der Waals surface area (Å²) in [7, 11) is 0. The van der Waals surface area contributed by atoms with Gasteiger partial charge in [-0.15, -0.1) is 0 Å². The van der Waals surface area contributed by atoms with E-state index >= 15 is 0 Å². The fourth-order valence-electron chi connectivity index (χ4n) is 2.85. The lowest BCUT2D eigenvalue weighted by Gasteiger charge is -2.23. The molecule has 0 amide bonds. The third-order valence-corrected chi connectivity index (χ3v) is 3.82. The fraction of sp³-hybridized carbons (Fsp3) is 0.812. The molecule has 2 heteroatoms. The molecule has 0 aromatic rings. The first kappa shape index (κ1) is 15.4. The molecule has 0 fully saturated rings. The lowest BCUT2D eigenvalue weighted by atomic mass is 9.93. The Morgan fingerprint density at radius 1 is 1.11 bits per heavy atom. The molecule has 0 radical (unpaired) electrons. The molecule has 0 spiro atoms. The molecule has 104 valence electrons. The Bertz CT molecular complexity index is 309. The van der Waals surface area contributed by atoms with Gasteiger partial charge in [-0.25, -0.2) is 0 Å².